The number of nitrogens with one attached hydrogen (secondary N) is 1. The van der Waals surface area contributed by atoms with Gasteiger partial charge in [0, 0.05) is 7.05 Å². The molecule has 1 heterocycles. The Kier molecular flexibility index (Phi) is 6.72. The molecule has 3 rings (SSSR count). The average Bonchev–Trinajstić information content (AvgIpc) is 3.03. The van der Waals surface area contributed by atoms with E-state index in [1.54, 1.807) is 32.1 Å². The molecule has 1 atom stereocenters. The number of thioether (sulfide) groups is 1. The molecule has 0 fully saturated rings. The van der Waals surface area contributed by atoms with E-state index < -0.39 is 0 Å². The lowest BCUT2D eigenvalue weighted by Crippen LogP contribution is -2.34. The van der Waals surface area contributed by atoms with Gasteiger partial charge in [-0.05, 0) is 36.3 Å². The zero-order chi connectivity index (χ0) is 20.8. The molecular weight excluding hydrogens is 386 g/mol. The highest BCUT2D eigenvalue weighted by Crippen LogP contribution is 2.28. The maximum absolute atomic E-state index is 13.1. The zero-order valence-electron chi connectivity index (χ0n) is 16.6. The number of aliphatic imine (C=N–C) groups is 1. The summed E-state index contributed by atoms with van der Waals surface area (Å²) in [6.07, 6.45) is 1.75. The van der Waals surface area contributed by atoms with E-state index in [9.17, 15) is 9.59 Å². The molecule has 2 aromatic carbocycles. The van der Waals surface area contributed by atoms with E-state index in [4.69, 9.17) is 4.74 Å². The van der Waals surface area contributed by atoms with Crippen LogP contribution in [0.5, 0.6) is 5.75 Å². The Balaban J connectivity index is 1.89. The minimum atomic E-state index is -0.370. The van der Waals surface area contributed by atoms with E-state index in [2.05, 4.69) is 10.3 Å². The highest BCUT2D eigenvalue weighted by atomic mass is 32.2. The molecular formula is C22H23N3O3S. The Bertz CT molecular complexity index is 940. The summed E-state index contributed by atoms with van der Waals surface area (Å²) in [5, 5.41) is 2.78. The van der Waals surface area contributed by atoms with Crippen LogP contribution in [-0.2, 0) is 16.1 Å². The van der Waals surface area contributed by atoms with Crippen LogP contribution in [-0.4, -0.2) is 41.3 Å². The van der Waals surface area contributed by atoms with Gasteiger partial charge in [0.15, 0.2) is 5.17 Å². The number of carbonyl (C=O) groups excluding carboxylic acids is 2. The first-order valence-corrected chi connectivity index (χ1v) is 10.1. The summed E-state index contributed by atoms with van der Waals surface area (Å²) >= 11 is 1.27. The van der Waals surface area contributed by atoms with Gasteiger partial charge in [-0.25, -0.2) is 4.99 Å². The van der Waals surface area contributed by atoms with Crippen molar-refractivity contribution >= 4 is 34.8 Å². The number of nitrogens with zero attached hydrogens (tertiary/aromatic N) is 2. The molecule has 7 heteroatoms. The second-order valence-corrected chi connectivity index (χ2v) is 7.76. The van der Waals surface area contributed by atoms with Gasteiger partial charge < -0.3 is 10.1 Å². The fourth-order valence-electron chi connectivity index (χ4n) is 2.80. The fraction of sp³-hybridized carbons (Fsp3) is 0.227. The molecule has 2 amide bonds. The molecule has 0 bridgehead atoms. The molecule has 0 radical (unpaired) electrons. The molecule has 0 spiro atoms. The smallest absolute Gasteiger partial charge is 0.278 e. The second-order valence-electron chi connectivity index (χ2n) is 6.45. The van der Waals surface area contributed by atoms with Crippen LogP contribution in [0.2, 0.25) is 0 Å². The summed E-state index contributed by atoms with van der Waals surface area (Å²) in [5.74, 6) is 0.448. The van der Waals surface area contributed by atoms with Gasteiger partial charge in [0.1, 0.15) is 11.4 Å². The molecule has 29 heavy (non-hydrogen) atoms. The van der Waals surface area contributed by atoms with Crippen molar-refractivity contribution in [3.05, 3.63) is 71.4 Å². The Morgan fingerprint density at radius 1 is 1.21 bits per heavy atom. The molecule has 0 unspecified atom stereocenters. The Morgan fingerprint density at radius 2 is 1.90 bits per heavy atom. The first-order valence-electron chi connectivity index (χ1n) is 9.20. The molecule has 0 saturated carbocycles. The molecule has 0 aliphatic carbocycles. The summed E-state index contributed by atoms with van der Waals surface area (Å²) in [6.45, 7) is 2.19. The fourth-order valence-corrected chi connectivity index (χ4v) is 3.77. The number of benzene rings is 2. The molecule has 6 nitrogen and oxygen atoms in total. The average molecular weight is 410 g/mol. The molecule has 1 N–H and O–H groups in total. The van der Waals surface area contributed by atoms with Gasteiger partial charge in [-0.1, -0.05) is 54.2 Å². The summed E-state index contributed by atoms with van der Waals surface area (Å²) in [7, 11) is 3.20. The second kappa shape index (κ2) is 9.43. The minimum absolute atomic E-state index is 0.114. The summed E-state index contributed by atoms with van der Waals surface area (Å²) in [5.41, 5.74) is 2.19. The van der Waals surface area contributed by atoms with Gasteiger partial charge in [-0.2, -0.15) is 0 Å². The third kappa shape index (κ3) is 5.06. The number of rotatable bonds is 6. The lowest BCUT2D eigenvalue weighted by Gasteiger charge is -2.19. The third-order valence-electron chi connectivity index (χ3n) is 4.41. The van der Waals surface area contributed by atoms with Crippen LogP contribution >= 0.6 is 11.8 Å². The topological polar surface area (TPSA) is 71.0 Å². The molecule has 2 aromatic rings. The monoisotopic (exact) mass is 409 g/mol. The van der Waals surface area contributed by atoms with Crippen LogP contribution in [0.1, 0.15) is 18.1 Å². The van der Waals surface area contributed by atoms with Crippen LogP contribution < -0.4 is 10.1 Å². The van der Waals surface area contributed by atoms with Crippen molar-refractivity contribution in [1.82, 2.24) is 10.2 Å². The number of amides is 2. The molecule has 0 saturated heterocycles. The van der Waals surface area contributed by atoms with E-state index in [-0.39, 0.29) is 17.1 Å². The zero-order valence-corrected chi connectivity index (χ0v) is 17.4. The maximum atomic E-state index is 13.1. The quantitative estimate of drug-likeness (QED) is 0.743. The van der Waals surface area contributed by atoms with Crippen molar-refractivity contribution in [1.29, 1.82) is 0 Å². The van der Waals surface area contributed by atoms with Crippen molar-refractivity contribution in [2.24, 2.45) is 4.99 Å². The lowest BCUT2D eigenvalue weighted by molar-refractivity contribution is -0.123. The Labute approximate surface area is 174 Å². The predicted octanol–water partition coefficient (Wildman–Crippen LogP) is 3.30. The van der Waals surface area contributed by atoms with E-state index >= 15 is 0 Å². The highest BCUT2D eigenvalue weighted by molar-refractivity contribution is 8.14. The highest BCUT2D eigenvalue weighted by Gasteiger charge is 2.32. The lowest BCUT2D eigenvalue weighted by atomic mass is 10.1. The van der Waals surface area contributed by atoms with Crippen LogP contribution in [0.25, 0.3) is 6.08 Å². The van der Waals surface area contributed by atoms with Gasteiger partial charge in [-0.15, -0.1) is 0 Å². The predicted molar refractivity (Wildman–Crippen MR) is 117 cm³/mol. The van der Waals surface area contributed by atoms with E-state index in [1.165, 1.54) is 11.8 Å². The van der Waals surface area contributed by atoms with E-state index in [0.717, 1.165) is 16.9 Å². The first kappa shape index (κ1) is 20.7. The van der Waals surface area contributed by atoms with Gasteiger partial charge in [0.25, 0.3) is 5.91 Å². The van der Waals surface area contributed by atoms with Gasteiger partial charge in [-0.3, -0.25) is 14.5 Å². The standard InChI is InChI=1S/C22H23N3O3S/c1-15(20(26)23-2)29-22-24-19(13-16-9-11-18(28-3)12-10-16)21(27)25(22)14-17-7-5-4-6-8-17/h4-13,15H,14H2,1-3H3,(H,23,26)/b19-13+/t15-/m0/s1. The van der Waals surface area contributed by atoms with Gasteiger partial charge in [0.2, 0.25) is 5.91 Å². The van der Waals surface area contributed by atoms with E-state index in [0.29, 0.717) is 17.4 Å². The number of amidine groups is 1. The van der Waals surface area contributed by atoms with Crippen LogP contribution in [0, 0.1) is 0 Å². The summed E-state index contributed by atoms with van der Waals surface area (Å²) in [4.78, 5) is 31.2. The van der Waals surface area contributed by atoms with Crippen molar-refractivity contribution < 1.29 is 14.3 Å². The van der Waals surface area contributed by atoms with Crippen molar-refractivity contribution in [2.45, 2.75) is 18.7 Å². The van der Waals surface area contributed by atoms with Gasteiger partial charge in [0.05, 0.1) is 18.9 Å². The minimum Gasteiger partial charge on any atom is -0.497 e. The number of hydrogen-bond donors (Lipinski definition) is 1. The molecule has 0 aromatic heterocycles. The summed E-state index contributed by atoms with van der Waals surface area (Å²) in [6, 6.07) is 17.1. The Morgan fingerprint density at radius 3 is 2.52 bits per heavy atom. The van der Waals surface area contributed by atoms with E-state index in [1.807, 2.05) is 54.6 Å². The van der Waals surface area contributed by atoms with Crippen molar-refractivity contribution in [3.63, 3.8) is 0 Å². The maximum Gasteiger partial charge on any atom is 0.278 e. The van der Waals surface area contributed by atoms with Crippen LogP contribution in [0.4, 0.5) is 0 Å². The number of carbonyl (C=O) groups is 2. The van der Waals surface area contributed by atoms with Crippen LogP contribution in [0.15, 0.2) is 65.3 Å². The molecule has 150 valence electrons. The first-order chi connectivity index (χ1) is 14.0. The molecule has 1 aliphatic rings. The van der Waals surface area contributed by atoms with Crippen molar-refractivity contribution in [2.75, 3.05) is 14.2 Å². The normalized spacial score (nSPS) is 16.0. The largest absolute Gasteiger partial charge is 0.497 e. The number of hydrogen-bond acceptors (Lipinski definition) is 5. The van der Waals surface area contributed by atoms with Crippen molar-refractivity contribution in [3.8, 4) is 5.75 Å². The van der Waals surface area contributed by atoms with Crippen LogP contribution in [0.3, 0.4) is 0 Å². The Hall–Kier alpha value is -3.06. The summed E-state index contributed by atoms with van der Waals surface area (Å²) < 4.78 is 5.17. The number of methoxy groups -OCH3 is 1. The van der Waals surface area contributed by atoms with Gasteiger partial charge >= 0.3 is 0 Å². The molecule has 1 aliphatic heterocycles. The third-order valence-corrected chi connectivity index (χ3v) is 5.50. The number of ether oxygens (including phenoxy) is 1. The SMILES string of the molecule is CNC(=O)[C@H](C)SC1=N/C(=C/c2ccc(OC)cc2)C(=O)N1Cc1ccccc1.